The Morgan fingerprint density at radius 2 is 1.67 bits per heavy atom. The largest absolute Gasteiger partial charge is 0.494 e. The zero-order valence-corrected chi connectivity index (χ0v) is 30.2. The molecular formula is C31H39BrFN5O5SSi. The molecule has 10 nitrogen and oxygen atoms in total. The zero-order valence-electron chi connectivity index (χ0n) is 26.8. The van der Waals surface area contributed by atoms with Crippen LogP contribution in [0.25, 0.3) is 17.1 Å². The lowest BCUT2D eigenvalue weighted by atomic mass is 10.1. The van der Waals surface area contributed by atoms with Gasteiger partial charge in [0.25, 0.3) is 0 Å². The molecule has 14 heteroatoms. The second-order valence-corrected chi connectivity index (χ2v) is 20.0. The van der Waals surface area contributed by atoms with E-state index in [9.17, 15) is 8.42 Å². The molecule has 4 aromatic rings. The van der Waals surface area contributed by atoms with E-state index < -0.39 is 35.5 Å². The van der Waals surface area contributed by atoms with Gasteiger partial charge in [-0.05, 0) is 67.9 Å². The summed E-state index contributed by atoms with van der Waals surface area (Å²) in [5, 5.41) is 7.10. The summed E-state index contributed by atoms with van der Waals surface area (Å²) < 4.78 is 66.6. The van der Waals surface area contributed by atoms with Crippen LogP contribution in [0.4, 0.5) is 10.3 Å². The highest BCUT2D eigenvalue weighted by atomic mass is 79.9. The summed E-state index contributed by atoms with van der Waals surface area (Å²) in [6.07, 6.45) is 2.17. The predicted octanol–water partition coefficient (Wildman–Crippen LogP) is 7.45. The summed E-state index contributed by atoms with van der Waals surface area (Å²) in [6, 6.07) is 11.6. The van der Waals surface area contributed by atoms with Gasteiger partial charge < -0.3 is 13.9 Å². The first-order valence-electron chi connectivity index (χ1n) is 14.2. The van der Waals surface area contributed by atoms with E-state index in [2.05, 4.69) is 35.8 Å². The minimum absolute atomic E-state index is 0.122. The molecule has 0 bridgehead atoms. The van der Waals surface area contributed by atoms with Crippen LogP contribution in [0, 0.1) is 12.7 Å². The van der Waals surface area contributed by atoms with Crippen molar-refractivity contribution in [3.63, 3.8) is 0 Å². The first-order valence-corrected chi connectivity index (χ1v) is 19.5. The smallest absolute Gasteiger partial charge is 0.243 e. The molecule has 0 aliphatic rings. The standard InChI is InChI=1S/C31H39BrFN5O5SSi/c1-19-15-21(18-34-17-19)29-35-36-30(38(29)27-25(41-6)11-10-12-26(27)42-7)37-44(39,40)20(2)28(43-45(8,9)31(3,4)5)23-14-13-22(32)16-24(23)33/h10-18,20,28H,1-9H3,(H,36,37). The molecule has 0 amide bonds. The van der Waals surface area contributed by atoms with E-state index in [0.717, 1.165) is 5.56 Å². The Labute approximate surface area is 273 Å². The van der Waals surface area contributed by atoms with Gasteiger partial charge in [0.05, 0.1) is 20.3 Å². The third-order valence-electron chi connectivity index (χ3n) is 8.07. The molecule has 45 heavy (non-hydrogen) atoms. The Kier molecular flexibility index (Phi) is 10.1. The van der Waals surface area contributed by atoms with E-state index in [-0.39, 0.29) is 16.6 Å². The summed E-state index contributed by atoms with van der Waals surface area (Å²) in [5.74, 6) is 0.378. The quantitative estimate of drug-likeness (QED) is 0.159. The first-order chi connectivity index (χ1) is 21.0. The predicted molar refractivity (Wildman–Crippen MR) is 180 cm³/mol. The van der Waals surface area contributed by atoms with Gasteiger partial charge in [0.2, 0.25) is 16.0 Å². The third-order valence-corrected chi connectivity index (χ3v) is 14.7. The number of nitrogens with zero attached hydrogens (tertiary/aromatic N) is 4. The number of methoxy groups -OCH3 is 2. The van der Waals surface area contributed by atoms with E-state index in [1.807, 2.05) is 46.9 Å². The minimum atomic E-state index is -4.30. The molecule has 0 fully saturated rings. The summed E-state index contributed by atoms with van der Waals surface area (Å²) in [6.45, 7) is 13.5. The van der Waals surface area contributed by atoms with Crippen LogP contribution in [0.1, 0.15) is 44.9 Å². The maximum atomic E-state index is 15.5. The zero-order chi connectivity index (χ0) is 33.3. The number of rotatable bonds is 11. The van der Waals surface area contributed by atoms with Gasteiger partial charge in [-0.15, -0.1) is 10.2 Å². The molecule has 2 atom stereocenters. The lowest BCUT2D eigenvalue weighted by Crippen LogP contribution is -2.45. The van der Waals surface area contributed by atoms with E-state index in [0.29, 0.717) is 33.0 Å². The van der Waals surface area contributed by atoms with Crippen LogP contribution in [-0.2, 0) is 14.4 Å². The van der Waals surface area contributed by atoms with Crippen LogP contribution >= 0.6 is 15.9 Å². The molecule has 0 aliphatic carbocycles. The molecule has 2 aromatic carbocycles. The maximum Gasteiger partial charge on any atom is 0.243 e. The van der Waals surface area contributed by atoms with Crippen LogP contribution in [-0.4, -0.2) is 56.0 Å². The fourth-order valence-electron chi connectivity index (χ4n) is 4.50. The van der Waals surface area contributed by atoms with Gasteiger partial charge in [-0.25, -0.2) is 12.8 Å². The number of ether oxygens (including phenoxy) is 2. The van der Waals surface area contributed by atoms with Crippen LogP contribution in [0.2, 0.25) is 18.1 Å². The number of anilines is 1. The molecule has 0 radical (unpaired) electrons. The lowest BCUT2D eigenvalue weighted by molar-refractivity contribution is 0.177. The number of sulfonamides is 1. The highest BCUT2D eigenvalue weighted by molar-refractivity contribution is 9.10. The molecule has 0 saturated carbocycles. The van der Waals surface area contributed by atoms with E-state index >= 15 is 4.39 Å². The maximum absolute atomic E-state index is 15.5. The highest BCUT2D eigenvalue weighted by Gasteiger charge is 2.44. The molecule has 242 valence electrons. The van der Waals surface area contributed by atoms with Crippen molar-refractivity contribution < 1.29 is 26.7 Å². The minimum Gasteiger partial charge on any atom is -0.494 e. The Bertz CT molecular complexity index is 1770. The summed E-state index contributed by atoms with van der Waals surface area (Å²) in [4.78, 5) is 4.28. The number of hydrogen-bond acceptors (Lipinski definition) is 8. The lowest BCUT2D eigenvalue weighted by Gasteiger charge is -2.41. The number of halogens is 2. The molecule has 0 saturated heterocycles. The van der Waals surface area contributed by atoms with Gasteiger partial charge in [-0.1, -0.05) is 48.8 Å². The molecule has 2 unspecified atom stereocenters. The van der Waals surface area contributed by atoms with Crippen molar-refractivity contribution >= 4 is 40.2 Å². The molecular weight excluding hydrogens is 681 g/mol. The molecule has 2 heterocycles. The van der Waals surface area contributed by atoms with Gasteiger partial charge in [-0.2, -0.15) is 0 Å². The van der Waals surface area contributed by atoms with Crippen molar-refractivity contribution in [2.24, 2.45) is 0 Å². The topological polar surface area (TPSA) is 117 Å². The van der Waals surface area contributed by atoms with Gasteiger partial charge in [0.15, 0.2) is 14.1 Å². The fourth-order valence-corrected chi connectivity index (χ4v) is 7.35. The Balaban J connectivity index is 1.88. The van der Waals surface area contributed by atoms with Crippen molar-refractivity contribution in [3.05, 3.63) is 76.3 Å². The van der Waals surface area contributed by atoms with Gasteiger partial charge in [-0.3, -0.25) is 14.3 Å². The fraction of sp³-hybridized carbons (Fsp3) is 0.387. The van der Waals surface area contributed by atoms with Crippen LogP contribution < -0.4 is 14.2 Å². The average molecular weight is 721 g/mol. The Morgan fingerprint density at radius 3 is 2.22 bits per heavy atom. The van der Waals surface area contributed by atoms with E-state index in [4.69, 9.17) is 13.9 Å². The molecule has 1 N–H and O–H groups in total. The van der Waals surface area contributed by atoms with Crippen molar-refractivity contribution in [1.29, 1.82) is 0 Å². The monoisotopic (exact) mass is 719 g/mol. The number of aryl methyl sites for hydroxylation is 1. The Morgan fingerprint density at radius 1 is 1.02 bits per heavy atom. The van der Waals surface area contributed by atoms with Crippen molar-refractivity contribution in [2.75, 3.05) is 18.9 Å². The summed E-state index contributed by atoms with van der Waals surface area (Å²) in [7, 11) is -3.91. The van der Waals surface area contributed by atoms with Crippen LogP contribution in [0.15, 0.2) is 59.3 Å². The number of para-hydroxylation sites is 1. The second kappa shape index (κ2) is 13.2. The second-order valence-electron chi connectivity index (χ2n) is 12.3. The van der Waals surface area contributed by atoms with Crippen molar-refractivity contribution in [1.82, 2.24) is 19.7 Å². The third kappa shape index (κ3) is 7.24. The van der Waals surface area contributed by atoms with Gasteiger partial charge in [0.1, 0.15) is 28.3 Å². The summed E-state index contributed by atoms with van der Waals surface area (Å²) >= 11 is 3.29. The van der Waals surface area contributed by atoms with Crippen LogP contribution in [0.5, 0.6) is 11.5 Å². The van der Waals surface area contributed by atoms with E-state index in [1.165, 1.54) is 31.8 Å². The normalized spacial score (nSPS) is 13.8. The van der Waals surface area contributed by atoms with Gasteiger partial charge in [0, 0.05) is 28.0 Å². The highest BCUT2D eigenvalue weighted by Crippen LogP contribution is 2.43. The van der Waals surface area contributed by atoms with Crippen molar-refractivity contribution in [3.8, 4) is 28.6 Å². The van der Waals surface area contributed by atoms with Crippen molar-refractivity contribution in [2.45, 2.75) is 64.1 Å². The molecule has 4 rings (SSSR count). The molecule has 0 aliphatic heterocycles. The number of pyridine rings is 1. The SMILES string of the molecule is COc1cccc(OC)c1-n1c(NS(=O)(=O)C(C)C(O[Si](C)(C)C(C)(C)C)c2ccc(Br)cc2F)nnc1-c1cncc(C)c1. The van der Waals surface area contributed by atoms with Crippen LogP contribution in [0.3, 0.4) is 0 Å². The first kappa shape index (κ1) is 34.5. The number of benzene rings is 2. The summed E-state index contributed by atoms with van der Waals surface area (Å²) in [5.41, 5.74) is 1.97. The number of aromatic nitrogens is 4. The number of nitrogens with one attached hydrogen (secondary N) is 1. The molecule has 2 aromatic heterocycles. The number of hydrogen-bond donors (Lipinski definition) is 1. The van der Waals surface area contributed by atoms with E-state index in [1.54, 1.807) is 42.7 Å². The Hall–Kier alpha value is -3.33. The molecule has 0 spiro atoms. The van der Waals surface area contributed by atoms with Gasteiger partial charge >= 0.3 is 0 Å². The average Bonchev–Trinajstić information content (AvgIpc) is 3.36.